The molecule has 2 atom stereocenters. The van der Waals surface area contributed by atoms with Crippen LogP contribution >= 0.6 is 0 Å². The van der Waals surface area contributed by atoms with Gasteiger partial charge in [0, 0.05) is 0 Å². The third-order valence-corrected chi connectivity index (χ3v) is 3.84. The zero-order valence-corrected chi connectivity index (χ0v) is 12.2. The van der Waals surface area contributed by atoms with Crippen LogP contribution in [0, 0.1) is 0 Å². The number of carbonyl (C=O) groups is 1. The van der Waals surface area contributed by atoms with E-state index in [9.17, 15) is 18.0 Å². The van der Waals surface area contributed by atoms with Crippen molar-refractivity contribution < 1.29 is 18.0 Å². The van der Waals surface area contributed by atoms with Crippen molar-refractivity contribution in [1.29, 1.82) is 0 Å². The van der Waals surface area contributed by atoms with Crippen molar-refractivity contribution >= 4 is 31.7 Å². The summed E-state index contributed by atoms with van der Waals surface area (Å²) < 4.78 is 36.5. The molecule has 81 valence electrons. The first-order valence-corrected chi connectivity index (χ1v) is 6.44. The first-order valence-electron chi connectivity index (χ1n) is 4.20. The van der Waals surface area contributed by atoms with Gasteiger partial charge in [-0.1, -0.05) is 0 Å². The minimum atomic E-state index is -4.31. The number of nitrogens with zero attached hydrogens (tertiary/aromatic N) is 1. The van der Waals surface area contributed by atoms with E-state index in [1.165, 1.54) is 6.92 Å². The number of hydrogen-bond acceptors (Lipinski definition) is 1. The van der Waals surface area contributed by atoms with Crippen LogP contribution in [-0.2, 0) is 4.79 Å². The molecule has 0 aromatic rings. The van der Waals surface area contributed by atoms with Gasteiger partial charge in [-0.05, 0) is 0 Å². The van der Waals surface area contributed by atoms with Crippen LogP contribution in [0.4, 0.5) is 13.2 Å². The van der Waals surface area contributed by atoms with E-state index >= 15 is 0 Å². The number of halogens is 3. The average molecular weight is 403 g/mol. The number of carbonyl (C=O) groups excluding carboxylic acids is 1. The molecule has 0 fully saturated rings. The fourth-order valence-electron chi connectivity index (χ4n) is 1.01. The van der Waals surface area contributed by atoms with Crippen molar-refractivity contribution in [3.8, 4) is 0 Å². The van der Waals surface area contributed by atoms with Crippen molar-refractivity contribution in [2.45, 2.75) is 36.5 Å². The van der Waals surface area contributed by atoms with Crippen molar-refractivity contribution in [3.63, 3.8) is 0 Å². The van der Waals surface area contributed by atoms with Gasteiger partial charge in [-0.3, -0.25) is 0 Å². The van der Waals surface area contributed by atoms with Crippen molar-refractivity contribution in [1.82, 2.24) is 4.90 Å². The van der Waals surface area contributed by atoms with E-state index in [-0.39, 0.29) is 9.52 Å². The molecular formula is C8H13F3NOPb. The first-order chi connectivity index (χ1) is 6.15. The van der Waals surface area contributed by atoms with E-state index in [0.29, 0.717) is 0 Å². The van der Waals surface area contributed by atoms with Crippen molar-refractivity contribution in [2.75, 3.05) is 6.54 Å². The van der Waals surface area contributed by atoms with Crippen LogP contribution in [0.3, 0.4) is 0 Å². The van der Waals surface area contributed by atoms with Crippen molar-refractivity contribution in [2.24, 2.45) is 0 Å². The molecule has 0 saturated carbocycles. The van der Waals surface area contributed by atoms with Gasteiger partial charge in [-0.15, -0.1) is 0 Å². The predicted molar refractivity (Wildman–Crippen MR) is 48.1 cm³/mol. The molecule has 0 N–H and O–H groups in total. The molecule has 14 heavy (non-hydrogen) atoms. The Labute approximate surface area is 97.5 Å². The molecule has 0 aliphatic heterocycles. The number of rotatable bonds is 3. The van der Waals surface area contributed by atoms with Crippen LogP contribution in [0.15, 0.2) is 0 Å². The molecule has 0 saturated heterocycles. The van der Waals surface area contributed by atoms with E-state index in [0.717, 1.165) is 30.7 Å². The zero-order valence-electron chi connectivity index (χ0n) is 8.35. The predicted octanol–water partition coefficient (Wildman–Crippen LogP) is 1.76. The summed E-state index contributed by atoms with van der Waals surface area (Å²) in [5, 5.41) is 0. The van der Waals surface area contributed by atoms with Crippen LogP contribution < -0.4 is 0 Å². The summed E-state index contributed by atoms with van der Waals surface area (Å²) in [5.41, 5.74) is 0. The summed E-state index contributed by atoms with van der Waals surface area (Å²) in [5.74, 6) is -0.516. The van der Waals surface area contributed by atoms with E-state index in [1.54, 1.807) is 6.92 Å². The van der Waals surface area contributed by atoms with Gasteiger partial charge in [0.25, 0.3) is 0 Å². The number of alkyl halides is 3. The second-order valence-electron chi connectivity index (χ2n) is 3.29. The van der Waals surface area contributed by atoms with Crippen LogP contribution in [0.5, 0.6) is 0 Å². The molecule has 0 heterocycles. The third kappa shape index (κ3) is 5.16. The second-order valence-corrected chi connectivity index (χ2v) is 6.83. The molecule has 3 radical (unpaired) electrons. The molecule has 6 heteroatoms. The Morgan fingerprint density at radius 2 is 1.86 bits per heavy atom. The monoisotopic (exact) mass is 404 g/mol. The summed E-state index contributed by atoms with van der Waals surface area (Å²) in [4.78, 5) is 11.9. The summed E-state index contributed by atoms with van der Waals surface area (Å²) in [6.07, 6.45) is -4.31. The Bertz CT molecular complexity index is 205. The SMILES string of the molecule is CC(=O)N(CC(F)(F)F)C(C)[CH](C)[Pb]. The summed E-state index contributed by atoms with van der Waals surface area (Å²) in [7, 11) is 0. The number of hydrogen-bond donors (Lipinski definition) is 0. The van der Waals surface area contributed by atoms with E-state index in [1.807, 2.05) is 6.92 Å². The van der Waals surface area contributed by atoms with E-state index < -0.39 is 18.6 Å². The van der Waals surface area contributed by atoms with Gasteiger partial charge < -0.3 is 0 Å². The van der Waals surface area contributed by atoms with Gasteiger partial charge >= 0.3 is 97.6 Å². The molecular weight excluding hydrogens is 390 g/mol. The Morgan fingerprint density at radius 1 is 1.43 bits per heavy atom. The average Bonchev–Trinajstić information content (AvgIpc) is 1.96. The van der Waals surface area contributed by atoms with E-state index in [2.05, 4.69) is 0 Å². The molecule has 0 aliphatic rings. The fourth-order valence-corrected chi connectivity index (χ4v) is 1.70. The van der Waals surface area contributed by atoms with Gasteiger partial charge in [0.15, 0.2) is 0 Å². The van der Waals surface area contributed by atoms with Gasteiger partial charge in [-0.2, -0.15) is 0 Å². The minimum absolute atomic E-state index is 0.154. The molecule has 0 bridgehead atoms. The van der Waals surface area contributed by atoms with Gasteiger partial charge in [-0.25, -0.2) is 0 Å². The summed E-state index contributed by atoms with van der Waals surface area (Å²) in [6.45, 7) is 3.54. The van der Waals surface area contributed by atoms with Gasteiger partial charge in [0.1, 0.15) is 0 Å². The molecule has 2 unspecified atom stereocenters. The Hall–Kier alpha value is 0.182. The summed E-state index contributed by atoms with van der Waals surface area (Å²) >= 11 is 0.777. The topological polar surface area (TPSA) is 20.3 Å². The molecule has 0 aromatic carbocycles. The normalized spacial score (nSPS) is 16.2. The Balaban J connectivity index is 4.53. The molecule has 0 rings (SSSR count). The zero-order chi connectivity index (χ0) is 11.5. The van der Waals surface area contributed by atoms with Gasteiger partial charge in [0.05, 0.1) is 0 Å². The van der Waals surface area contributed by atoms with Crippen molar-refractivity contribution in [3.05, 3.63) is 0 Å². The van der Waals surface area contributed by atoms with Crippen LogP contribution in [-0.4, -0.2) is 55.3 Å². The maximum atomic E-state index is 12.1. The molecule has 0 spiro atoms. The second kappa shape index (κ2) is 5.32. The Morgan fingerprint density at radius 3 is 2.07 bits per heavy atom. The molecule has 0 aliphatic carbocycles. The standard InChI is InChI=1S/C8H13F3NO.Pb/c1-4-6(2)12(7(3)13)5-8(9,10)11;/h4,6H,5H2,1-3H3;. The maximum absolute atomic E-state index is 12.1. The summed E-state index contributed by atoms with van der Waals surface area (Å²) in [6, 6.07) is -0.333. The fraction of sp³-hybridized carbons (Fsp3) is 0.875. The molecule has 1 amide bonds. The van der Waals surface area contributed by atoms with Gasteiger partial charge in [0.2, 0.25) is 0 Å². The first kappa shape index (κ1) is 14.2. The Kier molecular flexibility index (Phi) is 5.39. The van der Waals surface area contributed by atoms with Crippen LogP contribution in [0.2, 0.25) is 3.48 Å². The third-order valence-electron chi connectivity index (χ3n) is 1.97. The quantitative estimate of drug-likeness (QED) is 0.658. The molecule has 0 aromatic heterocycles. The molecule has 2 nitrogen and oxygen atoms in total. The number of amides is 1. The van der Waals surface area contributed by atoms with E-state index in [4.69, 9.17) is 0 Å². The van der Waals surface area contributed by atoms with Crippen LogP contribution in [0.25, 0.3) is 0 Å². The van der Waals surface area contributed by atoms with Crippen LogP contribution in [0.1, 0.15) is 20.8 Å².